The fraction of sp³-hybridized carbons (Fsp3) is 0.263. The lowest BCUT2D eigenvalue weighted by molar-refractivity contribution is -0.123. The Bertz CT molecular complexity index is 731. The lowest BCUT2D eigenvalue weighted by Gasteiger charge is -2.06. The molecule has 0 aliphatic heterocycles. The summed E-state index contributed by atoms with van der Waals surface area (Å²) in [6, 6.07) is 12.8. The van der Waals surface area contributed by atoms with Crippen LogP contribution >= 0.6 is 23.2 Å². The van der Waals surface area contributed by atoms with E-state index in [1.54, 1.807) is 18.2 Å². The van der Waals surface area contributed by atoms with Crippen molar-refractivity contribution in [1.82, 2.24) is 5.43 Å². The van der Waals surface area contributed by atoms with Crippen molar-refractivity contribution in [1.29, 1.82) is 0 Å². The highest BCUT2D eigenvalue weighted by molar-refractivity contribution is 6.36. The Morgan fingerprint density at radius 3 is 2.64 bits per heavy atom. The molecule has 6 heteroatoms. The molecule has 0 unspecified atom stereocenters. The van der Waals surface area contributed by atoms with Gasteiger partial charge < -0.3 is 4.74 Å². The summed E-state index contributed by atoms with van der Waals surface area (Å²) < 4.78 is 5.44. The molecule has 0 aliphatic rings. The van der Waals surface area contributed by atoms with Crippen molar-refractivity contribution in [2.75, 3.05) is 6.61 Å². The minimum Gasteiger partial charge on any atom is -0.484 e. The molecule has 4 nitrogen and oxygen atoms in total. The molecule has 0 saturated carbocycles. The third-order valence-electron chi connectivity index (χ3n) is 3.47. The van der Waals surface area contributed by atoms with Crippen molar-refractivity contribution in [3.63, 3.8) is 0 Å². The highest BCUT2D eigenvalue weighted by Gasteiger charge is 2.03. The number of hydrogen-bond acceptors (Lipinski definition) is 3. The number of carbonyl (C=O) groups is 1. The van der Waals surface area contributed by atoms with Crippen LogP contribution in [0.4, 0.5) is 0 Å². The summed E-state index contributed by atoms with van der Waals surface area (Å²) in [4.78, 5) is 11.7. The summed E-state index contributed by atoms with van der Waals surface area (Å²) in [5, 5.41) is 4.86. The number of unbranched alkanes of at least 4 members (excludes halogenated alkanes) is 1. The van der Waals surface area contributed by atoms with Gasteiger partial charge >= 0.3 is 0 Å². The molecule has 0 saturated heterocycles. The van der Waals surface area contributed by atoms with Gasteiger partial charge in [0, 0.05) is 10.6 Å². The summed E-state index contributed by atoms with van der Waals surface area (Å²) >= 11 is 11.8. The van der Waals surface area contributed by atoms with Crippen molar-refractivity contribution in [2.45, 2.75) is 26.2 Å². The number of nitrogens with zero attached hydrogens (tertiary/aromatic N) is 1. The first-order chi connectivity index (χ1) is 12.1. The van der Waals surface area contributed by atoms with E-state index < -0.39 is 0 Å². The van der Waals surface area contributed by atoms with Gasteiger partial charge in [-0.1, -0.05) is 54.7 Å². The molecule has 0 aliphatic carbocycles. The van der Waals surface area contributed by atoms with Crippen LogP contribution in [0.3, 0.4) is 0 Å². The molecule has 132 valence electrons. The van der Waals surface area contributed by atoms with Crippen molar-refractivity contribution in [3.05, 3.63) is 63.6 Å². The number of halogens is 2. The molecule has 1 amide bonds. The second kappa shape index (κ2) is 10.1. The van der Waals surface area contributed by atoms with E-state index in [0.717, 1.165) is 12.8 Å². The Hall–Kier alpha value is -2.04. The van der Waals surface area contributed by atoms with Crippen molar-refractivity contribution >= 4 is 35.3 Å². The molecule has 0 fully saturated rings. The normalized spacial score (nSPS) is 10.8. The monoisotopic (exact) mass is 378 g/mol. The maximum atomic E-state index is 11.7. The number of nitrogens with one attached hydrogen (secondary N) is 1. The van der Waals surface area contributed by atoms with Gasteiger partial charge in [0.2, 0.25) is 0 Å². The highest BCUT2D eigenvalue weighted by atomic mass is 35.5. The molecule has 0 atom stereocenters. The average Bonchev–Trinajstić information content (AvgIpc) is 2.61. The lowest BCUT2D eigenvalue weighted by atomic mass is 10.1. The number of ether oxygens (including phenoxy) is 1. The Labute approximate surface area is 157 Å². The second-order valence-electron chi connectivity index (χ2n) is 5.50. The quantitative estimate of drug-likeness (QED) is 0.526. The smallest absolute Gasteiger partial charge is 0.277 e. The van der Waals surface area contributed by atoms with E-state index in [1.165, 1.54) is 18.2 Å². The number of carbonyl (C=O) groups excluding carboxylic acids is 1. The number of aryl methyl sites for hydroxylation is 1. The topological polar surface area (TPSA) is 50.7 Å². The van der Waals surface area contributed by atoms with Gasteiger partial charge in [0.1, 0.15) is 5.75 Å². The molecule has 2 aromatic rings. The van der Waals surface area contributed by atoms with Gasteiger partial charge in [0.05, 0.1) is 11.2 Å². The van der Waals surface area contributed by atoms with E-state index in [2.05, 4.69) is 17.5 Å². The number of hydrazone groups is 1. The van der Waals surface area contributed by atoms with Crippen LogP contribution in [0.5, 0.6) is 5.75 Å². The molecule has 0 heterocycles. The Kier molecular flexibility index (Phi) is 7.76. The largest absolute Gasteiger partial charge is 0.484 e. The summed E-state index contributed by atoms with van der Waals surface area (Å²) in [6.07, 6.45) is 4.84. The Morgan fingerprint density at radius 2 is 1.96 bits per heavy atom. The highest BCUT2D eigenvalue weighted by Crippen LogP contribution is 2.19. The zero-order chi connectivity index (χ0) is 18.1. The fourth-order valence-electron chi connectivity index (χ4n) is 2.09. The second-order valence-corrected chi connectivity index (χ2v) is 6.34. The van der Waals surface area contributed by atoms with Gasteiger partial charge in [-0.25, -0.2) is 5.43 Å². The Morgan fingerprint density at radius 1 is 1.20 bits per heavy atom. The maximum absolute atomic E-state index is 11.7. The number of rotatable bonds is 8. The van der Waals surface area contributed by atoms with Gasteiger partial charge in [-0.05, 0) is 42.7 Å². The summed E-state index contributed by atoms with van der Waals surface area (Å²) in [5.74, 6) is 0.302. The predicted molar refractivity (Wildman–Crippen MR) is 103 cm³/mol. The lowest BCUT2D eigenvalue weighted by Crippen LogP contribution is -2.24. The molecule has 2 aromatic carbocycles. The van der Waals surface area contributed by atoms with E-state index in [-0.39, 0.29) is 12.5 Å². The minimum absolute atomic E-state index is 0.111. The molecular formula is C19H20Cl2N2O2. The van der Waals surface area contributed by atoms with Crippen LogP contribution in [0.25, 0.3) is 0 Å². The van der Waals surface area contributed by atoms with Crippen LogP contribution in [0.15, 0.2) is 47.6 Å². The Balaban J connectivity index is 1.77. The predicted octanol–water partition coefficient (Wildman–Crippen LogP) is 4.87. The van der Waals surface area contributed by atoms with Crippen molar-refractivity contribution in [3.8, 4) is 5.75 Å². The van der Waals surface area contributed by atoms with E-state index in [0.29, 0.717) is 21.4 Å². The van der Waals surface area contributed by atoms with Crippen LogP contribution in [-0.4, -0.2) is 18.7 Å². The molecular weight excluding hydrogens is 359 g/mol. The fourth-order valence-corrected chi connectivity index (χ4v) is 2.55. The molecule has 25 heavy (non-hydrogen) atoms. The van der Waals surface area contributed by atoms with Crippen LogP contribution in [-0.2, 0) is 11.2 Å². The molecule has 0 radical (unpaired) electrons. The van der Waals surface area contributed by atoms with Crippen LogP contribution < -0.4 is 10.2 Å². The third-order valence-corrected chi connectivity index (χ3v) is 4.03. The molecule has 2 rings (SSSR count). The zero-order valence-corrected chi connectivity index (χ0v) is 15.5. The summed E-state index contributed by atoms with van der Waals surface area (Å²) in [5.41, 5.74) is 4.33. The standard InChI is InChI=1S/C19H20Cl2N2O2/c1-2-3-4-14-5-9-17(10-6-14)25-13-19(24)23-22-12-15-7-8-16(20)11-18(15)21/h5-12H,2-4,13H2,1H3,(H,23,24)/b22-12-. The van der Waals surface area contributed by atoms with E-state index in [4.69, 9.17) is 27.9 Å². The first-order valence-corrected chi connectivity index (χ1v) is 8.82. The molecule has 1 N–H and O–H groups in total. The van der Waals surface area contributed by atoms with Crippen molar-refractivity contribution in [2.24, 2.45) is 5.10 Å². The minimum atomic E-state index is -0.351. The number of benzene rings is 2. The van der Waals surface area contributed by atoms with Gasteiger partial charge in [-0.2, -0.15) is 5.10 Å². The van der Waals surface area contributed by atoms with Gasteiger partial charge in [0.15, 0.2) is 6.61 Å². The molecule has 0 aromatic heterocycles. The average molecular weight is 379 g/mol. The van der Waals surface area contributed by atoms with E-state index in [9.17, 15) is 4.79 Å². The molecule has 0 bridgehead atoms. The molecule has 0 spiro atoms. The van der Waals surface area contributed by atoms with Crippen LogP contribution in [0.2, 0.25) is 10.0 Å². The number of amides is 1. The van der Waals surface area contributed by atoms with Gasteiger partial charge in [-0.3, -0.25) is 4.79 Å². The first kappa shape index (κ1) is 19.3. The first-order valence-electron chi connectivity index (χ1n) is 8.07. The summed E-state index contributed by atoms with van der Waals surface area (Å²) in [6.45, 7) is 2.06. The summed E-state index contributed by atoms with van der Waals surface area (Å²) in [7, 11) is 0. The van der Waals surface area contributed by atoms with Gasteiger partial charge in [0.25, 0.3) is 5.91 Å². The third kappa shape index (κ3) is 6.77. The van der Waals surface area contributed by atoms with Crippen LogP contribution in [0.1, 0.15) is 30.9 Å². The number of hydrogen-bond donors (Lipinski definition) is 1. The van der Waals surface area contributed by atoms with E-state index >= 15 is 0 Å². The SMILES string of the molecule is CCCCc1ccc(OCC(=O)N/N=C\c2ccc(Cl)cc2Cl)cc1. The zero-order valence-electron chi connectivity index (χ0n) is 14.0. The maximum Gasteiger partial charge on any atom is 0.277 e. The van der Waals surface area contributed by atoms with Crippen molar-refractivity contribution < 1.29 is 9.53 Å². The van der Waals surface area contributed by atoms with Crippen LogP contribution in [0, 0.1) is 0 Å². The van der Waals surface area contributed by atoms with Gasteiger partial charge in [-0.15, -0.1) is 0 Å². The van der Waals surface area contributed by atoms with E-state index in [1.807, 2.05) is 24.3 Å².